The molecule has 30 heavy (non-hydrogen) atoms. The van der Waals surface area contributed by atoms with Gasteiger partial charge in [-0.1, -0.05) is 6.07 Å². The molecule has 160 valence electrons. The van der Waals surface area contributed by atoms with Crippen LogP contribution in [0.5, 0.6) is 5.75 Å². The highest BCUT2D eigenvalue weighted by molar-refractivity contribution is 6.10. The fourth-order valence-corrected chi connectivity index (χ4v) is 2.92. The Morgan fingerprint density at radius 3 is 2.63 bits per heavy atom. The van der Waals surface area contributed by atoms with Crippen LogP contribution in [0.25, 0.3) is 0 Å². The molecule has 2 N–H and O–H groups in total. The lowest BCUT2D eigenvalue weighted by atomic mass is 10.1. The number of nitrogens with one attached hydrogen (secondary N) is 2. The number of hydrogen-bond donors (Lipinski definition) is 2. The number of rotatable bonds is 5. The van der Waals surface area contributed by atoms with E-state index in [1.165, 1.54) is 7.11 Å². The number of halogens is 3. The molecule has 3 rings (SSSR count). The van der Waals surface area contributed by atoms with Crippen LogP contribution in [0, 0.1) is 0 Å². The summed E-state index contributed by atoms with van der Waals surface area (Å²) >= 11 is 0. The molecule has 1 heterocycles. The summed E-state index contributed by atoms with van der Waals surface area (Å²) in [6, 6.07) is 11.0. The third kappa shape index (κ3) is 5.96. The molecule has 0 radical (unpaired) electrons. The first-order chi connectivity index (χ1) is 14.3. The Hall–Kier alpha value is -3.07. The normalized spacial score (nSPS) is 16.9. The Kier molecular flexibility index (Phi) is 6.94. The van der Waals surface area contributed by atoms with E-state index in [1.807, 2.05) is 0 Å². The average Bonchev–Trinajstić information content (AvgIpc) is 3.25. The number of aliphatic imine (C=N–C) groups is 1. The van der Waals surface area contributed by atoms with Crippen LogP contribution in [0.4, 0.5) is 18.9 Å². The SMILES string of the molecule is COc1cccc(NC(=NCC2CCCO2)NC(=O)c2ccc(C(F)(F)F)cc2)c1. The molecule has 0 aromatic heterocycles. The summed E-state index contributed by atoms with van der Waals surface area (Å²) in [6.45, 7) is 1.02. The molecule has 2 aromatic carbocycles. The largest absolute Gasteiger partial charge is 0.497 e. The van der Waals surface area contributed by atoms with Gasteiger partial charge in [-0.15, -0.1) is 0 Å². The summed E-state index contributed by atoms with van der Waals surface area (Å²) in [7, 11) is 1.54. The van der Waals surface area contributed by atoms with E-state index in [-0.39, 0.29) is 17.6 Å². The number of methoxy groups -OCH3 is 1. The van der Waals surface area contributed by atoms with Crippen molar-refractivity contribution in [2.75, 3.05) is 25.6 Å². The lowest BCUT2D eigenvalue weighted by Crippen LogP contribution is -2.36. The number of guanidine groups is 1. The fourth-order valence-electron chi connectivity index (χ4n) is 2.92. The van der Waals surface area contributed by atoms with Gasteiger partial charge in [0.2, 0.25) is 5.96 Å². The maximum Gasteiger partial charge on any atom is 0.416 e. The molecule has 1 fully saturated rings. The predicted molar refractivity (Wildman–Crippen MR) is 107 cm³/mol. The van der Waals surface area contributed by atoms with Crippen molar-refractivity contribution in [3.8, 4) is 5.75 Å². The second-order valence-electron chi connectivity index (χ2n) is 6.71. The number of alkyl halides is 3. The summed E-state index contributed by atoms with van der Waals surface area (Å²) in [4.78, 5) is 17.0. The molecule has 2 aromatic rings. The first-order valence-electron chi connectivity index (χ1n) is 9.41. The molecule has 1 aliphatic rings. The van der Waals surface area contributed by atoms with Gasteiger partial charge in [-0.25, -0.2) is 4.99 Å². The van der Waals surface area contributed by atoms with Gasteiger partial charge in [0.1, 0.15) is 5.75 Å². The third-order valence-electron chi connectivity index (χ3n) is 4.52. The van der Waals surface area contributed by atoms with Crippen LogP contribution < -0.4 is 15.4 Å². The van der Waals surface area contributed by atoms with Gasteiger partial charge in [-0.3, -0.25) is 10.1 Å². The average molecular weight is 421 g/mol. The van der Waals surface area contributed by atoms with Crippen LogP contribution in [0.1, 0.15) is 28.8 Å². The van der Waals surface area contributed by atoms with E-state index in [9.17, 15) is 18.0 Å². The van der Waals surface area contributed by atoms with E-state index in [4.69, 9.17) is 9.47 Å². The van der Waals surface area contributed by atoms with Gasteiger partial charge in [0.05, 0.1) is 25.3 Å². The molecule has 6 nitrogen and oxygen atoms in total. The minimum absolute atomic E-state index is 0.0323. The van der Waals surface area contributed by atoms with Crippen LogP contribution in [0.3, 0.4) is 0 Å². The number of ether oxygens (including phenoxy) is 2. The molecule has 1 unspecified atom stereocenters. The Labute approximate surface area is 172 Å². The number of carbonyl (C=O) groups excluding carboxylic acids is 1. The Morgan fingerprint density at radius 1 is 1.23 bits per heavy atom. The Bertz CT molecular complexity index is 892. The van der Waals surface area contributed by atoms with E-state index >= 15 is 0 Å². The van der Waals surface area contributed by atoms with Gasteiger partial charge in [0.25, 0.3) is 5.91 Å². The van der Waals surface area contributed by atoms with Crippen molar-refractivity contribution in [3.63, 3.8) is 0 Å². The smallest absolute Gasteiger partial charge is 0.416 e. The lowest BCUT2D eigenvalue weighted by Gasteiger charge is -2.14. The van der Waals surface area contributed by atoms with E-state index < -0.39 is 17.6 Å². The van der Waals surface area contributed by atoms with Gasteiger partial charge < -0.3 is 14.8 Å². The molecule has 1 saturated heterocycles. The third-order valence-corrected chi connectivity index (χ3v) is 4.52. The highest BCUT2D eigenvalue weighted by Gasteiger charge is 2.30. The first kappa shape index (κ1) is 21.6. The van der Waals surface area contributed by atoms with Gasteiger partial charge in [-0.05, 0) is 49.2 Å². The van der Waals surface area contributed by atoms with Crippen LogP contribution in [-0.4, -0.2) is 38.2 Å². The van der Waals surface area contributed by atoms with Crippen molar-refractivity contribution in [3.05, 3.63) is 59.7 Å². The zero-order chi connectivity index (χ0) is 21.6. The van der Waals surface area contributed by atoms with Crippen molar-refractivity contribution in [1.29, 1.82) is 0 Å². The summed E-state index contributed by atoms with van der Waals surface area (Å²) in [5.74, 6) is 0.210. The van der Waals surface area contributed by atoms with Crippen LogP contribution in [0.2, 0.25) is 0 Å². The summed E-state index contributed by atoms with van der Waals surface area (Å²) < 4.78 is 48.9. The summed E-state index contributed by atoms with van der Waals surface area (Å²) in [6.07, 6.45) is -2.66. The minimum atomic E-state index is -4.46. The second-order valence-corrected chi connectivity index (χ2v) is 6.71. The quantitative estimate of drug-likeness (QED) is 0.564. The first-order valence-corrected chi connectivity index (χ1v) is 9.41. The maximum absolute atomic E-state index is 12.7. The van der Waals surface area contributed by atoms with Crippen LogP contribution in [0.15, 0.2) is 53.5 Å². The summed E-state index contributed by atoms with van der Waals surface area (Å²) in [5.41, 5.74) is -0.103. The van der Waals surface area contributed by atoms with Crippen molar-refractivity contribution in [1.82, 2.24) is 5.32 Å². The standard InChI is InChI=1S/C21H22F3N3O3/c1-29-17-5-2-4-16(12-17)26-20(25-13-18-6-3-11-30-18)27-19(28)14-7-9-15(10-8-14)21(22,23)24/h2,4-5,7-10,12,18H,3,6,11,13H2,1H3,(H2,25,26,27,28). The van der Waals surface area contributed by atoms with Gasteiger partial charge >= 0.3 is 6.18 Å². The van der Waals surface area contributed by atoms with Crippen molar-refractivity contribution < 1.29 is 27.4 Å². The fraction of sp³-hybridized carbons (Fsp3) is 0.333. The van der Waals surface area contributed by atoms with Crippen molar-refractivity contribution in [2.24, 2.45) is 4.99 Å². The summed E-state index contributed by atoms with van der Waals surface area (Å²) in [5, 5.41) is 5.64. The number of carbonyl (C=O) groups is 1. The number of amides is 1. The Morgan fingerprint density at radius 2 is 2.00 bits per heavy atom. The molecule has 0 bridgehead atoms. The highest BCUT2D eigenvalue weighted by atomic mass is 19.4. The van der Waals surface area contributed by atoms with E-state index in [0.29, 0.717) is 24.6 Å². The highest BCUT2D eigenvalue weighted by Crippen LogP contribution is 2.29. The maximum atomic E-state index is 12.7. The second kappa shape index (κ2) is 9.62. The number of anilines is 1. The lowest BCUT2D eigenvalue weighted by molar-refractivity contribution is -0.137. The van der Waals surface area contributed by atoms with Crippen molar-refractivity contribution >= 4 is 17.6 Å². The molecule has 1 atom stereocenters. The molecule has 1 aliphatic heterocycles. The monoisotopic (exact) mass is 421 g/mol. The van der Waals surface area contributed by atoms with Gasteiger partial charge in [-0.2, -0.15) is 13.2 Å². The molecule has 0 spiro atoms. The topological polar surface area (TPSA) is 71.9 Å². The molecule has 1 amide bonds. The van der Waals surface area contributed by atoms with E-state index in [0.717, 1.165) is 37.1 Å². The van der Waals surface area contributed by atoms with Crippen LogP contribution >= 0.6 is 0 Å². The Balaban J connectivity index is 1.75. The van der Waals surface area contributed by atoms with Gasteiger partial charge in [0, 0.05) is 23.9 Å². The van der Waals surface area contributed by atoms with Gasteiger partial charge in [0.15, 0.2) is 0 Å². The number of hydrogen-bond acceptors (Lipinski definition) is 4. The number of nitrogens with zero attached hydrogens (tertiary/aromatic N) is 1. The van der Waals surface area contributed by atoms with Crippen molar-refractivity contribution in [2.45, 2.75) is 25.1 Å². The molecule has 9 heteroatoms. The minimum Gasteiger partial charge on any atom is -0.497 e. The van der Waals surface area contributed by atoms with Crippen LogP contribution in [-0.2, 0) is 10.9 Å². The zero-order valence-corrected chi connectivity index (χ0v) is 16.3. The molecule has 0 saturated carbocycles. The zero-order valence-electron chi connectivity index (χ0n) is 16.3. The number of benzene rings is 2. The molecular weight excluding hydrogens is 399 g/mol. The van der Waals surface area contributed by atoms with E-state index in [1.54, 1.807) is 24.3 Å². The molecular formula is C21H22F3N3O3. The predicted octanol–water partition coefficient (Wildman–Crippen LogP) is 4.09. The molecule has 0 aliphatic carbocycles. The van der Waals surface area contributed by atoms with E-state index in [2.05, 4.69) is 15.6 Å².